The standard InChI is InChI=1S/C16H13ClFNO2/c1-20-15-5-3-11(8-17)7-16(15)21-10-13-6-12(9-19)2-4-14(13)18/h2-7H,8,10H2,1H3. The van der Waals surface area contributed by atoms with Crippen LogP contribution in [-0.2, 0) is 12.5 Å². The van der Waals surface area contributed by atoms with Crippen LogP contribution in [0.4, 0.5) is 4.39 Å². The Morgan fingerprint density at radius 3 is 2.67 bits per heavy atom. The van der Waals surface area contributed by atoms with E-state index in [9.17, 15) is 4.39 Å². The number of nitrogens with zero attached hydrogens (tertiary/aromatic N) is 1. The van der Waals surface area contributed by atoms with Gasteiger partial charge in [0.1, 0.15) is 12.4 Å². The van der Waals surface area contributed by atoms with E-state index in [2.05, 4.69) is 0 Å². The molecule has 0 amide bonds. The van der Waals surface area contributed by atoms with Crippen LogP contribution in [0, 0.1) is 17.1 Å². The van der Waals surface area contributed by atoms with E-state index in [1.165, 1.54) is 25.3 Å². The van der Waals surface area contributed by atoms with Crippen molar-refractivity contribution in [3.05, 3.63) is 58.9 Å². The van der Waals surface area contributed by atoms with Gasteiger partial charge in [0.05, 0.1) is 18.7 Å². The molecule has 0 radical (unpaired) electrons. The lowest BCUT2D eigenvalue weighted by molar-refractivity contribution is 0.279. The molecule has 0 atom stereocenters. The quantitative estimate of drug-likeness (QED) is 0.783. The van der Waals surface area contributed by atoms with E-state index in [0.29, 0.717) is 28.5 Å². The van der Waals surface area contributed by atoms with Crippen molar-refractivity contribution in [1.29, 1.82) is 5.26 Å². The molecule has 0 saturated heterocycles. The van der Waals surface area contributed by atoms with Crippen LogP contribution >= 0.6 is 11.6 Å². The average Bonchev–Trinajstić information content (AvgIpc) is 2.53. The first-order valence-electron chi connectivity index (χ1n) is 6.22. The summed E-state index contributed by atoms with van der Waals surface area (Å²) in [5, 5.41) is 8.84. The molecular formula is C16H13ClFNO2. The summed E-state index contributed by atoms with van der Waals surface area (Å²) in [7, 11) is 1.53. The van der Waals surface area contributed by atoms with Crippen molar-refractivity contribution in [2.24, 2.45) is 0 Å². The summed E-state index contributed by atoms with van der Waals surface area (Å²) in [5.41, 5.74) is 1.57. The Morgan fingerprint density at radius 2 is 2.00 bits per heavy atom. The Morgan fingerprint density at radius 1 is 1.19 bits per heavy atom. The van der Waals surface area contributed by atoms with E-state index in [1.54, 1.807) is 12.1 Å². The molecule has 0 heterocycles. The normalized spacial score (nSPS) is 10.0. The van der Waals surface area contributed by atoms with Gasteiger partial charge in [0, 0.05) is 11.4 Å². The average molecular weight is 306 g/mol. The van der Waals surface area contributed by atoms with Gasteiger partial charge >= 0.3 is 0 Å². The van der Waals surface area contributed by atoms with Crippen molar-refractivity contribution in [2.45, 2.75) is 12.5 Å². The summed E-state index contributed by atoms with van der Waals surface area (Å²) in [6.45, 7) is 0.00342. The smallest absolute Gasteiger partial charge is 0.161 e. The number of hydrogen-bond donors (Lipinski definition) is 0. The molecular weight excluding hydrogens is 293 g/mol. The number of hydrogen-bond acceptors (Lipinski definition) is 3. The molecule has 21 heavy (non-hydrogen) atoms. The topological polar surface area (TPSA) is 42.2 Å². The van der Waals surface area contributed by atoms with Gasteiger partial charge in [-0.2, -0.15) is 5.26 Å². The zero-order valence-electron chi connectivity index (χ0n) is 11.4. The van der Waals surface area contributed by atoms with E-state index < -0.39 is 5.82 Å². The highest BCUT2D eigenvalue weighted by Crippen LogP contribution is 2.29. The number of alkyl halides is 1. The van der Waals surface area contributed by atoms with Crippen LogP contribution in [0.3, 0.4) is 0 Å². The van der Waals surface area contributed by atoms with Gasteiger partial charge in [-0.15, -0.1) is 11.6 Å². The highest BCUT2D eigenvalue weighted by molar-refractivity contribution is 6.17. The molecule has 2 aromatic carbocycles. The van der Waals surface area contributed by atoms with Gasteiger partial charge < -0.3 is 9.47 Å². The molecule has 0 fully saturated rings. The summed E-state index contributed by atoms with van der Waals surface area (Å²) < 4.78 is 24.5. The Hall–Kier alpha value is -2.25. The summed E-state index contributed by atoms with van der Waals surface area (Å²) in [6.07, 6.45) is 0. The van der Waals surface area contributed by atoms with Crippen LogP contribution in [0.5, 0.6) is 11.5 Å². The fourth-order valence-electron chi connectivity index (χ4n) is 1.83. The molecule has 5 heteroatoms. The lowest BCUT2D eigenvalue weighted by Crippen LogP contribution is -2.01. The summed E-state index contributed by atoms with van der Waals surface area (Å²) in [6, 6.07) is 11.4. The SMILES string of the molecule is COc1ccc(CCl)cc1OCc1cc(C#N)ccc1F. The minimum absolute atomic E-state index is 0.00342. The summed E-state index contributed by atoms with van der Waals surface area (Å²) in [4.78, 5) is 0. The maximum atomic E-state index is 13.7. The van der Waals surface area contributed by atoms with Crippen LogP contribution in [-0.4, -0.2) is 7.11 Å². The molecule has 3 nitrogen and oxygen atoms in total. The molecule has 0 spiro atoms. The Balaban J connectivity index is 2.21. The number of rotatable bonds is 5. The van der Waals surface area contributed by atoms with Crippen molar-refractivity contribution >= 4 is 11.6 Å². The van der Waals surface area contributed by atoms with Crippen LogP contribution < -0.4 is 9.47 Å². The number of benzene rings is 2. The minimum atomic E-state index is -0.415. The van der Waals surface area contributed by atoms with Crippen molar-refractivity contribution in [3.8, 4) is 17.6 Å². The first-order chi connectivity index (χ1) is 10.2. The lowest BCUT2D eigenvalue weighted by Gasteiger charge is -2.12. The Labute approximate surface area is 127 Å². The molecule has 2 aromatic rings. The zero-order valence-corrected chi connectivity index (χ0v) is 12.2. The highest BCUT2D eigenvalue weighted by Gasteiger charge is 2.09. The van der Waals surface area contributed by atoms with Gasteiger partial charge in [0.15, 0.2) is 11.5 Å². The largest absolute Gasteiger partial charge is 0.493 e. The molecule has 0 bridgehead atoms. The van der Waals surface area contributed by atoms with Gasteiger partial charge in [-0.1, -0.05) is 6.07 Å². The second-order valence-corrected chi connectivity index (χ2v) is 4.59. The van der Waals surface area contributed by atoms with E-state index in [4.69, 9.17) is 26.3 Å². The summed E-state index contributed by atoms with van der Waals surface area (Å²) >= 11 is 5.78. The number of nitriles is 1. The molecule has 0 aliphatic rings. The van der Waals surface area contributed by atoms with Gasteiger partial charge in [-0.25, -0.2) is 4.39 Å². The van der Waals surface area contributed by atoms with Crippen LogP contribution in [0.2, 0.25) is 0 Å². The second-order valence-electron chi connectivity index (χ2n) is 4.33. The molecule has 108 valence electrons. The fraction of sp³-hybridized carbons (Fsp3) is 0.188. The maximum absolute atomic E-state index is 13.7. The van der Waals surface area contributed by atoms with Gasteiger partial charge in [-0.05, 0) is 35.9 Å². The predicted molar refractivity (Wildman–Crippen MR) is 78.0 cm³/mol. The number of ether oxygens (including phenoxy) is 2. The number of halogens is 2. The van der Waals surface area contributed by atoms with Gasteiger partial charge in [0.2, 0.25) is 0 Å². The number of methoxy groups -OCH3 is 1. The van der Waals surface area contributed by atoms with Crippen LogP contribution in [0.25, 0.3) is 0 Å². The third-order valence-corrected chi connectivity index (χ3v) is 3.25. The maximum Gasteiger partial charge on any atom is 0.161 e. The van der Waals surface area contributed by atoms with Gasteiger partial charge in [-0.3, -0.25) is 0 Å². The first kappa shape index (κ1) is 15.1. The van der Waals surface area contributed by atoms with E-state index in [1.807, 2.05) is 12.1 Å². The molecule has 0 unspecified atom stereocenters. The fourth-order valence-corrected chi connectivity index (χ4v) is 1.99. The van der Waals surface area contributed by atoms with Crippen LogP contribution in [0.15, 0.2) is 36.4 Å². The van der Waals surface area contributed by atoms with Crippen molar-refractivity contribution in [1.82, 2.24) is 0 Å². The van der Waals surface area contributed by atoms with Crippen LogP contribution in [0.1, 0.15) is 16.7 Å². The highest BCUT2D eigenvalue weighted by atomic mass is 35.5. The van der Waals surface area contributed by atoms with Gasteiger partial charge in [0.25, 0.3) is 0 Å². The van der Waals surface area contributed by atoms with E-state index in [0.717, 1.165) is 5.56 Å². The lowest BCUT2D eigenvalue weighted by atomic mass is 10.1. The van der Waals surface area contributed by atoms with E-state index >= 15 is 0 Å². The third-order valence-electron chi connectivity index (χ3n) is 2.94. The molecule has 0 aliphatic carbocycles. The first-order valence-corrected chi connectivity index (χ1v) is 6.75. The van der Waals surface area contributed by atoms with Crippen molar-refractivity contribution in [3.63, 3.8) is 0 Å². The van der Waals surface area contributed by atoms with E-state index in [-0.39, 0.29) is 6.61 Å². The second kappa shape index (κ2) is 6.96. The van der Waals surface area contributed by atoms with Crippen molar-refractivity contribution in [2.75, 3.05) is 7.11 Å². The molecule has 0 N–H and O–H groups in total. The Bertz CT molecular complexity index is 682. The molecule has 2 rings (SSSR count). The molecule has 0 aliphatic heterocycles. The van der Waals surface area contributed by atoms with Crippen molar-refractivity contribution < 1.29 is 13.9 Å². The molecule has 0 saturated carbocycles. The third kappa shape index (κ3) is 3.65. The summed E-state index contributed by atoms with van der Waals surface area (Å²) in [5.74, 6) is 0.957. The molecule has 0 aromatic heterocycles. The zero-order chi connectivity index (χ0) is 15.2. The minimum Gasteiger partial charge on any atom is -0.493 e. The monoisotopic (exact) mass is 305 g/mol. The Kier molecular flexibility index (Phi) is 5.02. The predicted octanol–water partition coefficient (Wildman–Crippen LogP) is 4.02.